The first kappa shape index (κ1) is 28.8. The van der Waals surface area contributed by atoms with Gasteiger partial charge in [-0.15, -0.1) is 0 Å². The molecule has 0 saturated heterocycles. The Morgan fingerprint density at radius 2 is 1.17 bits per heavy atom. The zero-order chi connectivity index (χ0) is 26.7. The number of carbonyl (C=O) groups excluding carboxylic acids is 3. The second-order valence-corrected chi connectivity index (χ2v) is 8.72. The summed E-state index contributed by atoms with van der Waals surface area (Å²) in [5.41, 5.74) is 7.21. The van der Waals surface area contributed by atoms with E-state index in [1.54, 1.807) is 60.7 Å². The van der Waals surface area contributed by atoms with Gasteiger partial charge in [0.1, 0.15) is 24.2 Å². The van der Waals surface area contributed by atoms with Crippen LogP contribution in [-0.4, -0.2) is 69.9 Å². The van der Waals surface area contributed by atoms with Crippen LogP contribution in [0.3, 0.4) is 0 Å². The highest BCUT2D eigenvalue weighted by Gasteiger charge is 2.31. The predicted molar refractivity (Wildman–Crippen MR) is 137 cm³/mol. The average Bonchev–Trinajstić information content (AvgIpc) is 2.86. The van der Waals surface area contributed by atoms with E-state index in [0.29, 0.717) is 0 Å². The maximum Gasteiger partial charge on any atom is 0.327 e. The number of hydrogen-bond donors (Lipinski definition) is 7. The van der Waals surface area contributed by atoms with E-state index in [1.807, 2.05) is 0 Å². The van der Waals surface area contributed by atoms with E-state index in [4.69, 9.17) is 5.73 Å². The SMILES string of the molecule is CC(O)C(N)C(=O)NC(Cc1ccccc1)C(=O)NC(Cc1ccccc1)C(=O)NC(CS)C(=O)O. The molecule has 0 aliphatic carbocycles. The minimum absolute atomic E-state index is 0.0799. The van der Waals surface area contributed by atoms with Crippen molar-refractivity contribution in [2.75, 3.05) is 5.75 Å². The molecular formula is C25H32N4O6S. The first-order valence-corrected chi connectivity index (χ1v) is 12.0. The zero-order valence-electron chi connectivity index (χ0n) is 19.8. The first-order chi connectivity index (χ1) is 17.1. The maximum absolute atomic E-state index is 13.3. The summed E-state index contributed by atoms with van der Waals surface area (Å²) in [4.78, 5) is 50.2. The van der Waals surface area contributed by atoms with Crippen molar-refractivity contribution >= 4 is 36.3 Å². The number of aliphatic hydroxyl groups excluding tert-OH is 1. The highest BCUT2D eigenvalue weighted by atomic mass is 32.1. The second kappa shape index (κ2) is 14.2. The second-order valence-electron chi connectivity index (χ2n) is 8.35. The monoisotopic (exact) mass is 516 g/mol. The fourth-order valence-electron chi connectivity index (χ4n) is 3.34. The zero-order valence-corrected chi connectivity index (χ0v) is 20.7. The largest absolute Gasteiger partial charge is 0.480 e. The molecule has 7 N–H and O–H groups in total. The van der Waals surface area contributed by atoms with Crippen molar-refractivity contribution in [1.29, 1.82) is 0 Å². The number of aliphatic hydroxyl groups is 1. The van der Waals surface area contributed by atoms with Crippen molar-refractivity contribution in [2.45, 2.75) is 50.0 Å². The number of hydrogen-bond acceptors (Lipinski definition) is 7. The Balaban J connectivity index is 2.28. The van der Waals surface area contributed by atoms with Crippen LogP contribution in [-0.2, 0) is 32.0 Å². The average molecular weight is 517 g/mol. The Morgan fingerprint density at radius 3 is 1.53 bits per heavy atom. The highest BCUT2D eigenvalue weighted by molar-refractivity contribution is 7.80. The van der Waals surface area contributed by atoms with Crippen LogP contribution in [0.25, 0.3) is 0 Å². The smallest absolute Gasteiger partial charge is 0.327 e. The Labute approximate surface area is 215 Å². The van der Waals surface area contributed by atoms with Gasteiger partial charge in [0.15, 0.2) is 0 Å². The minimum atomic E-state index is -1.26. The summed E-state index contributed by atoms with van der Waals surface area (Å²) in [7, 11) is 0. The molecule has 3 amide bonds. The third kappa shape index (κ3) is 8.99. The number of carbonyl (C=O) groups is 4. The molecule has 0 aliphatic heterocycles. The summed E-state index contributed by atoms with van der Waals surface area (Å²) in [6.07, 6.45) is -0.966. The van der Waals surface area contributed by atoms with Crippen molar-refractivity contribution in [3.8, 4) is 0 Å². The van der Waals surface area contributed by atoms with Gasteiger partial charge in [-0.1, -0.05) is 60.7 Å². The number of amides is 3. The highest BCUT2D eigenvalue weighted by Crippen LogP contribution is 2.08. The maximum atomic E-state index is 13.3. The molecule has 11 heteroatoms. The molecule has 0 fully saturated rings. The van der Waals surface area contributed by atoms with Crippen molar-refractivity contribution in [3.05, 3.63) is 71.8 Å². The molecule has 0 saturated carbocycles. The van der Waals surface area contributed by atoms with E-state index in [1.165, 1.54) is 6.92 Å². The third-order valence-corrected chi connectivity index (χ3v) is 5.82. The fourth-order valence-corrected chi connectivity index (χ4v) is 3.58. The molecule has 0 aromatic heterocycles. The number of benzene rings is 2. The number of carboxylic acids is 1. The Kier molecular flexibility index (Phi) is 11.4. The van der Waals surface area contributed by atoms with Gasteiger partial charge < -0.3 is 31.9 Å². The molecule has 0 bridgehead atoms. The van der Waals surface area contributed by atoms with Crippen LogP contribution in [0.5, 0.6) is 0 Å². The summed E-state index contributed by atoms with van der Waals surface area (Å²) in [6.45, 7) is 1.36. The van der Waals surface area contributed by atoms with Gasteiger partial charge in [-0.25, -0.2) is 4.79 Å². The lowest BCUT2D eigenvalue weighted by Gasteiger charge is -2.25. The first-order valence-electron chi connectivity index (χ1n) is 11.4. The van der Waals surface area contributed by atoms with E-state index in [0.717, 1.165) is 11.1 Å². The van der Waals surface area contributed by atoms with Gasteiger partial charge in [0.2, 0.25) is 17.7 Å². The summed E-state index contributed by atoms with van der Waals surface area (Å²) in [5.74, 6) is -3.51. The summed E-state index contributed by atoms with van der Waals surface area (Å²) < 4.78 is 0. The summed E-state index contributed by atoms with van der Waals surface area (Å²) >= 11 is 3.97. The lowest BCUT2D eigenvalue weighted by molar-refractivity contribution is -0.141. The van der Waals surface area contributed by atoms with Crippen LogP contribution in [0.2, 0.25) is 0 Å². The van der Waals surface area contributed by atoms with Crippen LogP contribution >= 0.6 is 12.6 Å². The number of aliphatic carboxylic acids is 1. The molecule has 194 valence electrons. The van der Waals surface area contributed by atoms with Gasteiger partial charge in [0.05, 0.1) is 6.10 Å². The van der Waals surface area contributed by atoms with Crippen LogP contribution < -0.4 is 21.7 Å². The topological polar surface area (TPSA) is 171 Å². The number of thiol groups is 1. The number of nitrogens with two attached hydrogens (primary N) is 1. The van der Waals surface area contributed by atoms with Gasteiger partial charge in [-0.05, 0) is 18.1 Å². The lowest BCUT2D eigenvalue weighted by Crippen LogP contribution is -2.59. The molecule has 5 unspecified atom stereocenters. The molecule has 10 nitrogen and oxygen atoms in total. The quantitative estimate of drug-likeness (QED) is 0.178. The van der Waals surface area contributed by atoms with Crippen LogP contribution in [0.1, 0.15) is 18.1 Å². The molecule has 0 aliphatic rings. The van der Waals surface area contributed by atoms with Gasteiger partial charge >= 0.3 is 5.97 Å². The molecule has 0 radical (unpaired) electrons. The summed E-state index contributed by atoms with van der Waals surface area (Å²) in [5, 5.41) is 26.5. The molecule has 2 aromatic rings. The van der Waals surface area contributed by atoms with E-state index in [2.05, 4.69) is 28.6 Å². The Morgan fingerprint density at radius 1 is 0.778 bits per heavy atom. The molecule has 2 rings (SSSR count). The normalized spacial score (nSPS) is 15.0. The van der Waals surface area contributed by atoms with Crippen LogP contribution in [0, 0.1) is 0 Å². The number of nitrogens with one attached hydrogen (secondary N) is 3. The van der Waals surface area contributed by atoms with E-state index < -0.39 is 54.0 Å². The Bertz CT molecular complexity index is 1020. The van der Waals surface area contributed by atoms with Gasteiger partial charge in [-0.3, -0.25) is 14.4 Å². The van der Waals surface area contributed by atoms with E-state index in [-0.39, 0.29) is 18.6 Å². The molecular weight excluding hydrogens is 484 g/mol. The number of carboxylic acid groups (broad SMARTS) is 1. The predicted octanol–water partition coefficient (Wildman–Crippen LogP) is -0.351. The van der Waals surface area contributed by atoms with E-state index >= 15 is 0 Å². The molecule has 5 atom stereocenters. The molecule has 2 aromatic carbocycles. The minimum Gasteiger partial charge on any atom is -0.480 e. The molecule has 36 heavy (non-hydrogen) atoms. The molecule has 0 heterocycles. The molecule has 0 spiro atoms. The van der Waals surface area contributed by atoms with Crippen molar-refractivity contribution in [3.63, 3.8) is 0 Å². The fraction of sp³-hybridized carbons (Fsp3) is 0.360. The van der Waals surface area contributed by atoms with E-state index in [9.17, 15) is 29.4 Å². The van der Waals surface area contributed by atoms with Gasteiger partial charge in [-0.2, -0.15) is 12.6 Å². The number of rotatable bonds is 13. The summed E-state index contributed by atoms with van der Waals surface area (Å²) in [6, 6.07) is 13.0. The van der Waals surface area contributed by atoms with Gasteiger partial charge in [0.25, 0.3) is 0 Å². The van der Waals surface area contributed by atoms with Crippen molar-refractivity contribution in [1.82, 2.24) is 16.0 Å². The van der Waals surface area contributed by atoms with Crippen molar-refractivity contribution < 1.29 is 29.4 Å². The lowest BCUT2D eigenvalue weighted by atomic mass is 10.0. The van der Waals surface area contributed by atoms with Crippen molar-refractivity contribution in [2.24, 2.45) is 5.73 Å². The van der Waals surface area contributed by atoms with Crippen LogP contribution in [0.4, 0.5) is 0 Å². The third-order valence-electron chi connectivity index (χ3n) is 5.45. The van der Waals surface area contributed by atoms with Crippen LogP contribution in [0.15, 0.2) is 60.7 Å². The van der Waals surface area contributed by atoms with Gasteiger partial charge in [0, 0.05) is 18.6 Å². The standard InChI is InChI=1S/C25H32N4O6S/c1-15(30)21(26)24(33)28-19(13-17-10-6-3-7-11-17)22(31)27-18(12-16-8-4-2-5-9-16)23(32)29-20(14-36)25(34)35/h2-11,15,18-21,30,36H,12-14,26H2,1H3,(H,27,31)(H,28,33)(H,29,32)(H,34,35). The Hall–Kier alpha value is -3.41.